The van der Waals surface area contributed by atoms with Crippen LogP contribution in [0.5, 0.6) is 0 Å². The number of Topliss-reactive ketones (excluding diaryl/α,β-unsaturated/α-hetero) is 1. The summed E-state index contributed by atoms with van der Waals surface area (Å²) in [5, 5.41) is 0. The van der Waals surface area contributed by atoms with Crippen LogP contribution in [0, 0.1) is 13.8 Å². The number of carbonyl (C=O) groups is 1. The molecule has 1 aromatic heterocycles. The standard InChI is InChI=1S/C13H19NO/c1-4-5-6-7-12(15)13-11(3)8-10(2)9-14-13/h8-9H,4-7H2,1-3H3. The summed E-state index contributed by atoms with van der Waals surface area (Å²) in [6.45, 7) is 6.08. The number of aryl methyl sites for hydroxylation is 2. The molecular formula is C13H19NO. The quantitative estimate of drug-likeness (QED) is 0.544. The molecule has 0 N–H and O–H groups in total. The zero-order valence-electron chi connectivity index (χ0n) is 9.84. The summed E-state index contributed by atoms with van der Waals surface area (Å²) in [7, 11) is 0. The molecule has 0 spiro atoms. The van der Waals surface area contributed by atoms with Gasteiger partial charge in [0, 0.05) is 12.6 Å². The number of nitrogens with zero attached hydrogens (tertiary/aromatic N) is 1. The molecular weight excluding hydrogens is 186 g/mol. The van der Waals surface area contributed by atoms with Gasteiger partial charge in [0.2, 0.25) is 0 Å². The molecule has 0 aliphatic carbocycles. The first-order valence-corrected chi connectivity index (χ1v) is 5.61. The van der Waals surface area contributed by atoms with E-state index in [4.69, 9.17) is 0 Å². The minimum absolute atomic E-state index is 0.181. The lowest BCUT2D eigenvalue weighted by molar-refractivity contribution is 0.0974. The summed E-state index contributed by atoms with van der Waals surface area (Å²) < 4.78 is 0. The molecule has 0 unspecified atom stereocenters. The van der Waals surface area contributed by atoms with E-state index >= 15 is 0 Å². The first kappa shape index (κ1) is 11.9. The SMILES string of the molecule is CCCCCC(=O)c1ncc(C)cc1C. The molecule has 0 amide bonds. The topological polar surface area (TPSA) is 30.0 Å². The second-order valence-corrected chi connectivity index (χ2v) is 4.06. The lowest BCUT2D eigenvalue weighted by Crippen LogP contribution is -2.05. The molecule has 0 saturated carbocycles. The van der Waals surface area contributed by atoms with Crippen molar-refractivity contribution in [2.45, 2.75) is 46.5 Å². The number of ketones is 1. The average Bonchev–Trinajstić information content (AvgIpc) is 2.17. The van der Waals surface area contributed by atoms with Crippen molar-refractivity contribution < 1.29 is 4.79 Å². The van der Waals surface area contributed by atoms with Crippen LogP contribution in [0.2, 0.25) is 0 Å². The number of rotatable bonds is 5. The van der Waals surface area contributed by atoms with Gasteiger partial charge < -0.3 is 0 Å². The first-order chi connectivity index (χ1) is 7.15. The van der Waals surface area contributed by atoms with E-state index in [1.165, 1.54) is 0 Å². The number of hydrogen-bond donors (Lipinski definition) is 0. The minimum Gasteiger partial charge on any atom is -0.292 e. The molecule has 0 aromatic carbocycles. The van der Waals surface area contributed by atoms with Crippen LogP contribution in [0.4, 0.5) is 0 Å². The van der Waals surface area contributed by atoms with Crippen molar-refractivity contribution in [1.29, 1.82) is 0 Å². The fourth-order valence-electron chi connectivity index (χ4n) is 1.66. The Balaban J connectivity index is 2.65. The lowest BCUT2D eigenvalue weighted by Gasteiger charge is -2.04. The molecule has 1 rings (SSSR count). The molecule has 0 saturated heterocycles. The fraction of sp³-hybridized carbons (Fsp3) is 0.538. The van der Waals surface area contributed by atoms with Crippen LogP contribution < -0.4 is 0 Å². The van der Waals surface area contributed by atoms with Crippen LogP contribution in [0.1, 0.15) is 54.2 Å². The molecule has 0 fully saturated rings. The molecule has 0 bridgehead atoms. The zero-order valence-corrected chi connectivity index (χ0v) is 9.84. The molecule has 1 heterocycles. The van der Waals surface area contributed by atoms with E-state index in [1.54, 1.807) is 6.20 Å². The molecule has 15 heavy (non-hydrogen) atoms. The zero-order chi connectivity index (χ0) is 11.3. The summed E-state index contributed by atoms with van der Waals surface area (Å²) in [6, 6.07) is 2.01. The van der Waals surface area contributed by atoms with Gasteiger partial charge in [-0.15, -0.1) is 0 Å². The van der Waals surface area contributed by atoms with Crippen LogP contribution in [0.15, 0.2) is 12.3 Å². The number of pyridine rings is 1. The highest BCUT2D eigenvalue weighted by atomic mass is 16.1. The lowest BCUT2D eigenvalue weighted by atomic mass is 10.0. The summed E-state index contributed by atoms with van der Waals surface area (Å²) >= 11 is 0. The molecule has 2 nitrogen and oxygen atoms in total. The monoisotopic (exact) mass is 205 g/mol. The fourth-order valence-corrected chi connectivity index (χ4v) is 1.66. The number of unbranched alkanes of at least 4 members (excludes halogenated alkanes) is 2. The Morgan fingerprint density at radius 1 is 1.33 bits per heavy atom. The third-order valence-corrected chi connectivity index (χ3v) is 2.49. The maximum Gasteiger partial charge on any atom is 0.181 e. The number of aromatic nitrogens is 1. The van der Waals surface area contributed by atoms with E-state index in [2.05, 4.69) is 11.9 Å². The smallest absolute Gasteiger partial charge is 0.181 e. The van der Waals surface area contributed by atoms with Crippen molar-refractivity contribution in [2.24, 2.45) is 0 Å². The van der Waals surface area contributed by atoms with Gasteiger partial charge in [-0.05, 0) is 31.4 Å². The van der Waals surface area contributed by atoms with E-state index in [0.717, 1.165) is 30.4 Å². The van der Waals surface area contributed by atoms with Crippen molar-refractivity contribution in [3.05, 3.63) is 29.1 Å². The normalized spacial score (nSPS) is 10.3. The van der Waals surface area contributed by atoms with Gasteiger partial charge in [-0.3, -0.25) is 9.78 Å². The maximum atomic E-state index is 11.8. The Kier molecular flexibility index (Phi) is 4.47. The van der Waals surface area contributed by atoms with E-state index in [9.17, 15) is 4.79 Å². The van der Waals surface area contributed by atoms with Crippen molar-refractivity contribution in [2.75, 3.05) is 0 Å². The Morgan fingerprint density at radius 3 is 2.67 bits per heavy atom. The van der Waals surface area contributed by atoms with Gasteiger partial charge >= 0.3 is 0 Å². The van der Waals surface area contributed by atoms with E-state index < -0.39 is 0 Å². The molecule has 0 aliphatic heterocycles. The van der Waals surface area contributed by atoms with Gasteiger partial charge in [0.15, 0.2) is 5.78 Å². The van der Waals surface area contributed by atoms with Gasteiger partial charge in [0.1, 0.15) is 5.69 Å². The van der Waals surface area contributed by atoms with Crippen LogP contribution in [0.3, 0.4) is 0 Å². The third-order valence-electron chi connectivity index (χ3n) is 2.49. The molecule has 1 aromatic rings. The van der Waals surface area contributed by atoms with E-state index in [0.29, 0.717) is 12.1 Å². The van der Waals surface area contributed by atoms with Crippen molar-refractivity contribution in [3.63, 3.8) is 0 Å². The highest BCUT2D eigenvalue weighted by molar-refractivity contribution is 5.95. The van der Waals surface area contributed by atoms with Crippen molar-refractivity contribution >= 4 is 5.78 Å². The summed E-state index contributed by atoms with van der Waals surface area (Å²) in [6.07, 6.45) is 5.64. The molecule has 0 aliphatic rings. The predicted molar refractivity (Wildman–Crippen MR) is 62.2 cm³/mol. The Bertz CT molecular complexity index is 344. The largest absolute Gasteiger partial charge is 0.292 e. The van der Waals surface area contributed by atoms with Gasteiger partial charge in [0.25, 0.3) is 0 Å². The number of carbonyl (C=O) groups excluding carboxylic acids is 1. The minimum atomic E-state index is 0.181. The molecule has 0 radical (unpaired) electrons. The molecule has 2 heteroatoms. The second kappa shape index (κ2) is 5.64. The van der Waals surface area contributed by atoms with Gasteiger partial charge in [0.05, 0.1) is 0 Å². The van der Waals surface area contributed by atoms with Crippen LogP contribution >= 0.6 is 0 Å². The van der Waals surface area contributed by atoms with Crippen molar-refractivity contribution in [3.8, 4) is 0 Å². The van der Waals surface area contributed by atoms with E-state index in [-0.39, 0.29) is 5.78 Å². The van der Waals surface area contributed by atoms with Crippen molar-refractivity contribution in [1.82, 2.24) is 4.98 Å². The first-order valence-electron chi connectivity index (χ1n) is 5.61. The highest BCUT2D eigenvalue weighted by Crippen LogP contribution is 2.11. The molecule has 82 valence electrons. The third kappa shape index (κ3) is 3.46. The van der Waals surface area contributed by atoms with Gasteiger partial charge in [-0.1, -0.05) is 25.8 Å². The summed E-state index contributed by atoms with van der Waals surface area (Å²) in [4.78, 5) is 16.0. The Labute approximate surface area is 91.7 Å². The Morgan fingerprint density at radius 2 is 2.07 bits per heavy atom. The van der Waals surface area contributed by atoms with Crippen LogP contribution in [-0.4, -0.2) is 10.8 Å². The van der Waals surface area contributed by atoms with Gasteiger partial charge in [-0.2, -0.15) is 0 Å². The Hall–Kier alpha value is -1.18. The molecule has 0 atom stereocenters. The average molecular weight is 205 g/mol. The predicted octanol–water partition coefficient (Wildman–Crippen LogP) is 3.46. The summed E-state index contributed by atoms with van der Waals surface area (Å²) in [5.41, 5.74) is 2.76. The van der Waals surface area contributed by atoms with Crippen LogP contribution in [0.25, 0.3) is 0 Å². The highest BCUT2D eigenvalue weighted by Gasteiger charge is 2.09. The van der Waals surface area contributed by atoms with Gasteiger partial charge in [-0.25, -0.2) is 0 Å². The number of hydrogen-bond acceptors (Lipinski definition) is 2. The summed E-state index contributed by atoms with van der Waals surface area (Å²) in [5.74, 6) is 0.181. The second-order valence-electron chi connectivity index (χ2n) is 4.06. The maximum absolute atomic E-state index is 11.8. The van der Waals surface area contributed by atoms with Crippen LogP contribution in [-0.2, 0) is 0 Å². The van der Waals surface area contributed by atoms with E-state index in [1.807, 2.05) is 19.9 Å².